The molecule has 0 aliphatic carbocycles. The SMILES string of the molecule is Nc1cc(C(=O)Nc2ccc(Cl)nc2)c(Br)cc1F. The number of nitrogens with one attached hydrogen (secondary N) is 1. The number of amides is 1. The smallest absolute Gasteiger partial charge is 0.256 e. The van der Waals surface area contributed by atoms with E-state index in [0.717, 1.165) is 6.07 Å². The number of nitrogens with zero attached hydrogens (tertiary/aromatic N) is 1. The average molecular weight is 345 g/mol. The zero-order valence-electron chi connectivity index (χ0n) is 9.45. The molecule has 1 amide bonds. The maximum Gasteiger partial charge on any atom is 0.256 e. The van der Waals surface area contributed by atoms with Crippen LogP contribution < -0.4 is 11.1 Å². The minimum absolute atomic E-state index is 0.0948. The molecular formula is C12H8BrClFN3O. The molecule has 4 nitrogen and oxygen atoms in total. The van der Waals surface area contributed by atoms with E-state index in [1.807, 2.05) is 0 Å². The highest BCUT2D eigenvalue weighted by molar-refractivity contribution is 9.10. The Morgan fingerprint density at radius 1 is 1.42 bits per heavy atom. The highest BCUT2D eigenvalue weighted by Gasteiger charge is 2.13. The number of aromatic nitrogens is 1. The lowest BCUT2D eigenvalue weighted by Gasteiger charge is -2.08. The number of carbonyl (C=O) groups excluding carboxylic acids is 1. The molecule has 1 heterocycles. The van der Waals surface area contributed by atoms with Crippen molar-refractivity contribution in [2.75, 3.05) is 11.1 Å². The lowest BCUT2D eigenvalue weighted by molar-refractivity contribution is 0.102. The number of nitrogen functional groups attached to an aromatic ring is 1. The first kappa shape index (κ1) is 13.8. The predicted molar refractivity (Wildman–Crippen MR) is 75.7 cm³/mol. The molecule has 3 N–H and O–H groups in total. The van der Waals surface area contributed by atoms with Gasteiger partial charge in [0.05, 0.1) is 23.1 Å². The topological polar surface area (TPSA) is 68.0 Å². The second-order valence-electron chi connectivity index (χ2n) is 3.68. The fourth-order valence-corrected chi connectivity index (χ4v) is 2.00. The number of nitrogens with two attached hydrogens (primary N) is 1. The Kier molecular flexibility index (Phi) is 4.01. The molecule has 0 saturated heterocycles. The second kappa shape index (κ2) is 5.54. The zero-order valence-corrected chi connectivity index (χ0v) is 11.8. The van der Waals surface area contributed by atoms with Gasteiger partial charge in [-0.25, -0.2) is 9.37 Å². The molecule has 0 atom stereocenters. The summed E-state index contributed by atoms with van der Waals surface area (Å²) in [6, 6.07) is 5.56. The predicted octanol–water partition coefficient (Wildman–Crippen LogP) is 3.47. The summed E-state index contributed by atoms with van der Waals surface area (Å²) in [5.41, 5.74) is 6.05. The third-order valence-electron chi connectivity index (χ3n) is 2.32. The molecule has 2 aromatic rings. The summed E-state index contributed by atoms with van der Waals surface area (Å²) < 4.78 is 13.5. The number of carbonyl (C=O) groups is 1. The van der Waals surface area contributed by atoms with Crippen molar-refractivity contribution in [3.8, 4) is 0 Å². The van der Waals surface area contributed by atoms with Gasteiger partial charge < -0.3 is 11.1 Å². The van der Waals surface area contributed by atoms with Gasteiger partial charge in [-0.1, -0.05) is 11.6 Å². The molecule has 98 valence electrons. The number of pyridine rings is 1. The van der Waals surface area contributed by atoms with Crippen LogP contribution in [0.2, 0.25) is 5.15 Å². The number of hydrogen-bond donors (Lipinski definition) is 2. The van der Waals surface area contributed by atoms with Gasteiger partial charge in [0.2, 0.25) is 0 Å². The van der Waals surface area contributed by atoms with Crippen molar-refractivity contribution in [2.45, 2.75) is 0 Å². The summed E-state index contributed by atoms with van der Waals surface area (Å²) in [5.74, 6) is -1.01. The van der Waals surface area contributed by atoms with Gasteiger partial charge in [-0.3, -0.25) is 4.79 Å². The maximum atomic E-state index is 13.2. The number of rotatable bonds is 2. The van der Waals surface area contributed by atoms with E-state index >= 15 is 0 Å². The van der Waals surface area contributed by atoms with Crippen LogP contribution in [0, 0.1) is 5.82 Å². The number of anilines is 2. The van der Waals surface area contributed by atoms with E-state index < -0.39 is 11.7 Å². The molecule has 0 radical (unpaired) electrons. The molecule has 7 heteroatoms. The normalized spacial score (nSPS) is 10.3. The molecule has 0 aliphatic rings. The lowest BCUT2D eigenvalue weighted by atomic mass is 10.2. The van der Waals surface area contributed by atoms with Gasteiger partial charge in [-0.2, -0.15) is 0 Å². The van der Waals surface area contributed by atoms with E-state index in [4.69, 9.17) is 17.3 Å². The van der Waals surface area contributed by atoms with E-state index in [9.17, 15) is 9.18 Å². The Hall–Kier alpha value is -1.66. The Morgan fingerprint density at radius 3 is 2.79 bits per heavy atom. The van der Waals surface area contributed by atoms with Crippen molar-refractivity contribution < 1.29 is 9.18 Å². The standard InChI is InChI=1S/C12H8BrClFN3O/c13-8-4-9(15)10(16)3-7(8)12(19)18-6-1-2-11(14)17-5-6/h1-5H,16H2,(H,18,19). The van der Waals surface area contributed by atoms with Crippen LogP contribution in [0.15, 0.2) is 34.9 Å². The van der Waals surface area contributed by atoms with E-state index in [0.29, 0.717) is 15.3 Å². The minimum Gasteiger partial charge on any atom is -0.396 e. The summed E-state index contributed by atoms with van der Waals surface area (Å²) in [6.45, 7) is 0. The first-order valence-corrected chi connectivity index (χ1v) is 6.32. The van der Waals surface area contributed by atoms with Gasteiger partial charge >= 0.3 is 0 Å². The first-order chi connectivity index (χ1) is 8.97. The van der Waals surface area contributed by atoms with Gasteiger partial charge in [0.15, 0.2) is 0 Å². The van der Waals surface area contributed by atoms with Gasteiger partial charge in [0.25, 0.3) is 5.91 Å². The minimum atomic E-state index is -0.586. The maximum absolute atomic E-state index is 13.2. The highest BCUT2D eigenvalue weighted by atomic mass is 79.9. The van der Waals surface area contributed by atoms with Crippen molar-refractivity contribution in [2.24, 2.45) is 0 Å². The molecule has 0 fully saturated rings. The molecular weight excluding hydrogens is 337 g/mol. The van der Waals surface area contributed by atoms with Crippen LogP contribution >= 0.6 is 27.5 Å². The monoisotopic (exact) mass is 343 g/mol. The highest BCUT2D eigenvalue weighted by Crippen LogP contribution is 2.23. The van der Waals surface area contributed by atoms with Gasteiger partial charge in [0, 0.05) is 4.47 Å². The molecule has 1 aromatic heterocycles. The Bertz CT molecular complexity index is 634. The largest absolute Gasteiger partial charge is 0.396 e. The molecule has 1 aromatic carbocycles. The molecule has 0 unspecified atom stereocenters. The third kappa shape index (κ3) is 3.21. The summed E-state index contributed by atoms with van der Waals surface area (Å²) >= 11 is 8.75. The van der Waals surface area contributed by atoms with E-state index in [1.54, 1.807) is 12.1 Å². The van der Waals surface area contributed by atoms with Gasteiger partial charge in [0.1, 0.15) is 11.0 Å². The first-order valence-electron chi connectivity index (χ1n) is 5.15. The van der Waals surface area contributed by atoms with Crippen molar-refractivity contribution in [1.29, 1.82) is 0 Å². The quantitative estimate of drug-likeness (QED) is 0.647. The second-order valence-corrected chi connectivity index (χ2v) is 4.92. The number of benzene rings is 1. The van der Waals surface area contributed by atoms with Crippen LogP contribution in [0.25, 0.3) is 0 Å². The van der Waals surface area contributed by atoms with Crippen molar-refractivity contribution in [1.82, 2.24) is 4.98 Å². The lowest BCUT2D eigenvalue weighted by Crippen LogP contribution is -2.13. The van der Waals surface area contributed by atoms with E-state index in [1.165, 1.54) is 12.3 Å². The summed E-state index contributed by atoms with van der Waals surface area (Å²) in [5, 5.41) is 2.93. The Labute approximate surface area is 121 Å². The van der Waals surface area contributed by atoms with Crippen molar-refractivity contribution in [3.63, 3.8) is 0 Å². The number of halogens is 3. The molecule has 0 saturated carbocycles. The Morgan fingerprint density at radius 2 is 2.16 bits per heavy atom. The zero-order chi connectivity index (χ0) is 14.0. The Balaban J connectivity index is 2.25. The summed E-state index contributed by atoms with van der Waals surface area (Å²) in [6.07, 6.45) is 1.42. The summed E-state index contributed by atoms with van der Waals surface area (Å²) in [7, 11) is 0. The third-order valence-corrected chi connectivity index (χ3v) is 3.20. The van der Waals surface area contributed by atoms with Crippen LogP contribution in [0.5, 0.6) is 0 Å². The van der Waals surface area contributed by atoms with Crippen LogP contribution in [-0.2, 0) is 0 Å². The molecule has 19 heavy (non-hydrogen) atoms. The van der Waals surface area contributed by atoms with E-state index in [2.05, 4.69) is 26.2 Å². The fraction of sp³-hybridized carbons (Fsp3) is 0. The van der Waals surface area contributed by atoms with Crippen LogP contribution in [0.4, 0.5) is 15.8 Å². The van der Waals surface area contributed by atoms with Gasteiger partial charge in [-0.05, 0) is 40.2 Å². The van der Waals surface area contributed by atoms with Crippen molar-refractivity contribution >= 4 is 44.8 Å². The number of hydrogen-bond acceptors (Lipinski definition) is 3. The fourth-order valence-electron chi connectivity index (χ4n) is 1.39. The van der Waals surface area contributed by atoms with Crippen LogP contribution in [0.1, 0.15) is 10.4 Å². The van der Waals surface area contributed by atoms with E-state index in [-0.39, 0.29) is 11.3 Å². The summed E-state index contributed by atoms with van der Waals surface area (Å²) in [4.78, 5) is 15.8. The molecule has 0 aliphatic heterocycles. The van der Waals surface area contributed by atoms with Gasteiger partial charge in [-0.15, -0.1) is 0 Å². The molecule has 0 bridgehead atoms. The van der Waals surface area contributed by atoms with Crippen LogP contribution in [-0.4, -0.2) is 10.9 Å². The van der Waals surface area contributed by atoms with Crippen LogP contribution in [0.3, 0.4) is 0 Å². The molecule has 2 rings (SSSR count). The molecule has 0 spiro atoms. The van der Waals surface area contributed by atoms with Crippen molar-refractivity contribution in [3.05, 3.63) is 51.5 Å². The average Bonchev–Trinajstić information content (AvgIpc) is 2.36.